The van der Waals surface area contributed by atoms with E-state index in [1.165, 1.54) is 22.3 Å². The Labute approximate surface area is 255 Å². The maximum atomic E-state index is 13.3. The molecule has 4 aromatic carbocycles. The van der Waals surface area contributed by atoms with Gasteiger partial charge in [-0.1, -0.05) is 107 Å². The summed E-state index contributed by atoms with van der Waals surface area (Å²) in [5, 5.41) is 0. The second-order valence-electron chi connectivity index (χ2n) is 10.1. The molecule has 1 unspecified atom stereocenters. The number of sulfonamides is 1. The van der Waals surface area contributed by atoms with Gasteiger partial charge in [-0.2, -0.15) is 0 Å². The summed E-state index contributed by atoms with van der Waals surface area (Å²) >= 11 is 1.82. The number of hydrogen-bond donors (Lipinski definition) is 0. The number of nitrogens with one attached hydrogen (secondary N) is 1. The van der Waals surface area contributed by atoms with Crippen LogP contribution in [0.1, 0.15) is 62.2 Å². The fraction of sp³-hybridized carbons (Fsp3) is 0.273. The van der Waals surface area contributed by atoms with Crippen LogP contribution in [0.5, 0.6) is 0 Å². The second kappa shape index (κ2) is 15.6. The summed E-state index contributed by atoms with van der Waals surface area (Å²) in [6.07, 6.45) is 0. The van der Waals surface area contributed by atoms with E-state index < -0.39 is 22.1 Å². The van der Waals surface area contributed by atoms with Gasteiger partial charge in [-0.15, -0.1) is 12.1 Å². The van der Waals surface area contributed by atoms with Gasteiger partial charge in [0.05, 0.1) is 4.90 Å². The molecule has 0 aliphatic rings. The average molecular weight is 663 g/mol. The van der Waals surface area contributed by atoms with Crippen LogP contribution in [0.25, 0.3) is 10.5 Å². The first-order chi connectivity index (χ1) is 18.9. The molecule has 2 atom stereocenters. The van der Waals surface area contributed by atoms with E-state index >= 15 is 0 Å². The van der Waals surface area contributed by atoms with Crippen molar-refractivity contribution in [3.8, 4) is 0 Å². The fourth-order valence-corrected chi connectivity index (χ4v) is 6.41. The first-order valence-corrected chi connectivity index (χ1v) is 16.6. The molecule has 0 aliphatic carbocycles. The van der Waals surface area contributed by atoms with E-state index in [0.29, 0.717) is 16.7 Å². The van der Waals surface area contributed by atoms with Gasteiger partial charge in [0.15, 0.2) is 0 Å². The van der Waals surface area contributed by atoms with Crippen molar-refractivity contribution in [2.45, 2.75) is 65.4 Å². The zero-order chi connectivity index (χ0) is 30.0. The van der Waals surface area contributed by atoms with Crippen LogP contribution in [0.15, 0.2) is 89.8 Å². The van der Waals surface area contributed by atoms with E-state index in [4.69, 9.17) is 5.73 Å². The van der Waals surface area contributed by atoms with Gasteiger partial charge in [0, 0.05) is 0 Å². The Kier molecular flexibility index (Phi) is 13.2. The minimum atomic E-state index is -3.93. The standard InChI is InChI=1S/C23H24N2O2S.C10H14.ClH.Ru/c1-16-14-17(2)23(18(3)15-16)28(26,27)25-22(20-12-8-5-9-13-20)21(24)19-10-6-4-7-11-19;1-7-5-8(2)10(4)9(3)6-7;;/h4-15,21-22,24H,1-3H3;5-6H,1-4H3;1H;/q-2;;;+3/p-1/t21-,22?;;;/m0.../s1. The average Bonchev–Trinajstić information content (AvgIpc) is 2.91. The zero-order valence-electron chi connectivity index (χ0n) is 24.1. The fourth-order valence-electron chi connectivity index (χ4n) is 4.84. The van der Waals surface area contributed by atoms with E-state index in [9.17, 15) is 8.42 Å². The number of benzene rings is 4. The van der Waals surface area contributed by atoms with Crippen LogP contribution < -0.4 is 0 Å². The van der Waals surface area contributed by atoms with Gasteiger partial charge >= 0.3 is 27.0 Å². The van der Waals surface area contributed by atoms with Gasteiger partial charge in [-0.25, -0.2) is 8.42 Å². The maximum absolute atomic E-state index is 13.3. The van der Waals surface area contributed by atoms with Gasteiger partial charge in [-0.3, -0.25) is 0 Å². The third-order valence-corrected chi connectivity index (χ3v) is 8.47. The van der Waals surface area contributed by atoms with Crippen LogP contribution in [-0.4, -0.2) is 8.42 Å². The van der Waals surface area contributed by atoms with Crippen LogP contribution in [-0.2, 0) is 27.3 Å². The molecule has 0 heterocycles. The number of hydrogen-bond acceptors (Lipinski definition) is 2. The van der Waals surface area contributed by atoms with E-state index in [1.807, 2.05) is 97.0 Å². The molecule has 4 rings (SSSR count). The van der Waals surface area contributed by atoms with Crippen molar-refractivity contribution < 1.29 is 25.7 Å². The molecule has 7 heteroatoms. The summed E-state index contributed by atoms with van der Waals surface area (Å²) in [6, 6.07) is 24.9. The summed E-state index contributed by atoms with van der Waals surface area (Å²) in [5.41, 5.74) is 18.1. The van der Waals surface area contributed by atoms with Crippen molar-refractivity contribution in [1.29, 1.82) is 0 Å². The SMILES string of the molecule is Cc1cc(C)c(C)c(C)c1.Cc1cc(C)c(S(=O)(=O)[N-]C(c2ccccc2)[C@@H]([NH-])c2ccccc2)c(C)c1.[Cl][Ru+2]. The minimum absolute atomic E-state index is 0.235. The Hall–Kier alpha value is -2.34. The molecule has 0 fully saturated rings. The Balaban J connectivity index is 0.000000391. The molecule has 1 N–H and O–H groups in total. The van der Waals surface area contributed by atoms with Crippen molar-refractivity contribution in [3.05, 3.63) is 145 Å². The predicted octanol–water partition coefficient (Wildman–Crippen LogP) is 9.82. The molecule has 0 radical (unpaired) electrons. The number of nitrogens with zero attached hydrogens (tertiary/aromatic N) is 1. The van der Waals surface area contributed by atoms with Crippen molar-refractivity contribution >= 4 is 19.7 Å². The van der Waals surface area contributed by atoms with Gasteiger partial charge < -0.3 is 10.5 Å². The van der Waals surface area contributed by atoms with Gasteiger partial charge in [-0.05, 0) is 76.3 Å². The van der Waals surface area contributed by atoms with Crippen molar-refractivity contribution in [2.75, 3.05) is 0 Å². The summed E-state index contributed by atoms with van der Waals surface area (Å²) in [4.78, 5) is 0.235. The van der Waals surface area contributed by atoms with Gasteiger partial charge in [0.1, 0.15) is 10.0 Å². The molecule has 0 aliphatic heterocycles. The monoisotopic (exact) mass is 663 g/mol. The van der Waals surface area contributed by atoms with Gasteiger partial charge in [0.25, 0.3) is 0 Å². The quantitative estimate of drug-likeness (QED) is 0.193. The topological polar surface area (TPSA) is 72.0 Å². The summed E-state index contributed by atoms with van der Waals surface area (Å²) in [5.74, 6) is 0. The molecular weight excluding hydrogens is 625 g/mol. The summed E-state index contributed by atoms with van der Waals surface area (Å²) in [7, 11) is 0.635. The molecular formula is C33H38ClN2O2RuS. The predicted molar refractivity (Wildman–Crippen MR) is 165 cm³/mol. The molecule has 0 bridgehead atoms. The first-order valence-electron chi connectivity index (χ1n) is 12.9. The Morgan fingerprint density at radius 3 is 1.45 bits per heavy atom. The normalized spacial score (nSPS) is 12.3. The zero-order valence-corrected chi connectivity index (χ0v) is 27.5. The molecule has 0 spiro atoms. The van der Waals surface area contributed by atoms with E-state index in [0.717, 1.165) is 11.1 Å². The molecule has 0 aromatic heterocycles. The van der Waals surface area contributed by atoms with E-state index in [2.05, 4.69) is 54.2 Å². The van der Waals surface area contributed by atoms with Crippen molar-refractivity contribution in [3.63, 3.8) is 0 Å². The van der Waals surface area contributed by atoms with Crippen molar-refractivity contribution in [1.82, 2.24) is 0 Å². The first kappa shape index (κ1) is 33.9. The molecule has 0 saturated carbocycles. The number of aryl methyl sites for hydroxylation is 6. The molecule has 0 amide bonds. The van der Waals surface area contributed by atoms with Crippen LogP contribution in [0.4, 0.5) is 0 Å². The molecule has 4 nitrogen and oxygen atoms in total. The Morgan fingerprint density at radius 1 is 0.650 bits per heavy atom. The summed E-state index contributed by atoms with van der Waals surface area (Å²) in [6.45, 7) is 14.1. The van der Waals surface area contributed by atoms with Crippen LogP contribution in [0.3, 0.4) is 0 Å². The van der Waals surface area contributed by atoms with E-state index in [-0.39, 0.29) is 4.90 Å². The second-order valence-corrected chi connectivity index (χ2v) is 11.6. The third-order valence-electron chi connectivity index (χ3n) is 6.80. The molecule has 40 heavy (non-hydrogen) atoms. The number of halogens is 1. The van der Waals surface area contributed by atoms with Crippen LogP contribution in [0.2, 0.25) is 0 Å². The third kappa shape index (κ3) is 9.09. The van der Waals surface area contributed by atoms with Crippen LogP contribution >= 0.6 is 9.69 Å². The molecule has 213 valence electrons. The van der Waals surface area contributed by atoms with Gasteiger partial charge in [0.2, 0.25) is 0 Å². The summed E-state index contributed by atoms with van der Waals surface area (Å²) < 4.78 is 30.8. The van der Waals surface area contributed by atoms with E-state index in [1.54, 1.807) is 13.8 Å². The number of rotatable bonds is 6. The van der Waals surface area contributed by atoms with Crippen molar-refractivity contribution in [2.24, 2.45) is 0 Å². The Bertz CT molecular complexity index is 1450. The molecule has 4 aromatic rings. The van der Waals surface area contributed by atoms with Crippen LogP contribution in [0, 0.1) is 48.5 Å². The molecule has 0 saturated heterocycles. The Morgan fingerprint density at radius 2 is 1.02 bits per heavy atom.